The van der Waals surface area contributed by atoms with Crippen LogP contribution in [0.15, 0.2) is 0 Å². The molecule has 3 aliphatic rings. The van der Waals surface area contributed by atoms with Gasteiger partial charge < -0.3 is 5.32 Å². The Labute approximate surface area is 119 Å². The van der Waals surface area contributed by atoms with Crippen LogP contribution in [0.4, 0.5) is 0 Å². The number of hydrogen-bond acceptors (Lipinski definition) is 2. The predicted molar refractivity (Wildman–Crippen MR) is 81.3 cm³/mol. The first-order valence-electron chi connectivity index (χ1n) is 8.66. The third-order valence-electron chi connectivity index (χ3n) is 5.90. The fraction of sp³-hybridized carbons (Fsp3) is 1.00. The molecule has 2 aliphatic carbocycles. The van der Waals surface area contributed by atoms with Crippen LogP contribution in [0.2, 0.25) is 0 Å². The number of piperazine rings is 1. The molecule has 0 aromatic rings. The van der Waals surface area contributed by atoms with Crippen LogP contribution in [0, 0.1) is 17.8 Å². The molecule has 5 atom stereocenters. The Hall–Kier alpha value is -0.0800. The Balaban J connectivity index is 1.65. The van der Waals surface area contributed by atoms with Gasteiger partial charge in [-0.1, -0.05) is 27.2 Å². The van der Waals surface area contributed by atoms with Crippen molar-refractivity contribution in [2.75, 3.05) is 13.1 Å². The molecular formula is C17H32N2. The molecule has 3 fully saturated rings. The van der Waals surface area contributed by atoms with Gasteiger partial charge in [0.2, 0.25) is 0 Å². The van der Waals surface area contributed by atoms with Crippen LogP contribution in [0.3, 0.4) is 0 Å². The highest BCUT2D eigenvalue weighted by atomic mass is 15.3. The summed E-state index contributed by atoms with van der Waals surface area (Å²) in [6.07, 6.45) is 8.75. The van der Waals surface area contributed by atoms with E-state index in [1.807, 2.05) is 0 Å². The molecule has 0 radical (unpaired) electrons. The Morgan fingerprint density at radius 1 is 1.21 bits per heavy atom. The molecule has 1 heterocycles. The van der Waals surface area contributed by atoms with Crippen LogP contribution >= 0.6 is 0 Å². The monoisotopic (exact) mass is 264 g/mol. The molecule has 0 aromatic heterocycles. The number of fused-ring (bicyclic) bond motifs is 2. The Bertz CT molecular complexity index is 302. The predicted octanol–water partition coefficient (Wildman–Crippen LogP) is 3.27. The lowest BCUT2D eigenvalue weighted by atomic mass is 9.90. The first-order chi connectivity index (χ1) is 9.17. The Morgan fingerprint density at radius 3 is 2.63 bits per heavy atom. The lowest BCUT2D eigenvalue weighted by molar-refractivity contribution is 0.0469. The lowest BCUT2D eigenvalue weighted by Crippen LogP contribution is -2.60. The molecule has 3 rings (SSSR count). The molecule has 2 saturated carbocycles. The summed E-state index contributed by atoms with van der Waals surface area (Å²) >= 11 is 0. The van der Waals surface area contributed by atoms with Crippen molar-refractivity contribution in [3.63, 3.8) is 0 Å². The van der Waals surface area contributed by atoms with Gasteiger partial charge in [0.25, 0.3) is 0 Å². The van der Waals surface area contributed by atoms with E-state index in [1.54, 1.807) is 6.42 Å². The standard InChI is InChI=1S/C17H32N2/c1-4-16-10-18-15(7-12(2)3)11-19(16)17-9-13-5-6-14(17)8-13/h12-18H,4-11H2,1-3H3. The van der Waals surface area contributed by atoms with E-state index in [4.69, 9.17) is 0 Å². The largest absolute Gasteiger partial charge is 0.311 e. The van der Waals surface area contributed by atoms with Crippen molar-refractivity contribution in [3.05, 3.63) is 0 Å². The van der Waals surface area contributed by atoms with E-state index >= 15 is 0 Å². The summed E-state index contributed by atoms with van der Waals surface area (Å²) in [5.41, 5.74) is 0. The van der Waals surface area contributed by atoms with Gasteiger partial charge in [0.05, 0.1) is 0 Å². The van der Waals surface area contributed by atoms with E-state index in [-0.39, 0.29) is 0 Å². The second-order valence-corrected chi connectivity index (χ2v) is 7.74. The normalized spacial score (nSPS) is 43.3. The summed E-state index contributed by atoms with van der Waals surface area (Å²) in [4.78, 5) is 2.92. The average Bonchev–Trinajstić information content (AvgIpc) is 3.00. The van der Waals surface area contributed by atoms with Crippen molar-refractivity contribution in [2.24, 2.45) is 17.8 Å². The summed E-state index contributed by atoms with van der Waals surface area (Å²) in [6, 6.07) is 2.47. The average molecular weight is 264 g/mol. The maximum absolute atomic E-state index is 3.81. The van der Waals surface area contributed by atoms with Gasteiger partial charge in [-0.3, -0.25) is 4.90 Å². The quantitative estimate of drug-likeness (QED) is 0.838. The van der Waals surface area contributed by atoms with E-state index in [0.717, 1.165) is 35.9 Å². The van der Waals surface area contributed by atoms with Gasteiger partial charge in [-0.25, -0.2) is 0 Å². The van der Waals surface area contributed by atoms with E-state index in [0.29, 0.717) is 0 Å². The van der Waals surface area contributed by atoms with Crippen LogP contribution in [-0.2, 0) is 0 Å². The van der Waals surface area contributed by atoms with Gasteiger partial charge in [0.15, 0.2) is 0 Å². The molecule has 1 aliphatic heterocycles. The zero-order valence-corrected chi connectivity index (χ0v) is 13.1. The second kappa shape index (κ2) is 5.73. The molecule has 0 amide bonds. The minimum absolute atomic E-state index is 0.738. The SMILES string of the molecule is CCC1CNC(CC(C)C)CN1C1CC2CCC1C2. The van der Waals surface area contributed by atoms with E-state index in [1.165, 1.54) is 45.2 Å². The van der Waals surface area contributed by atoms with Gasteiger partial charge >= 0.3 is 0 Å². The van der Waals surface area contributed by atoms with Crippen molar-refractivity contribution in [1.29, 1.82) is 0 Å². The Kier molecular flexibility index (Phi) is 4.19. The molecule has 19 heavy (non-hydrogen) atoms. The zero-order chi connectivity index (χ0) is 13.4. The zero-order valence-electron chi connectivity index (χ0n) is 13.1. The number of nitrogens with one attached hydrogen (secondary N) is 1. The highest BCUT2D eigenvalue weighted by Gasteiger charge is 2.45. The van der Waals surface area contributed by atoms with E-state index < -0.39 is 0 Å². The molecule has 1 saturated heterocycles. The van der Waals surface area contributed by atoms with Crippen molar-refractivity contribution in [1.82, 2.24) is 10.2 Å². The van der Waals surface area contributed by atoms with Crippen molar-refractivity contribution in [3.8, 4) is 0 Å². The van der Waals surface area contributed by atoms with Crippen molar-refractivity contribution < 1.29 is 0 Å². The summed E-state index contributed by atoms with van der Waals surface area (Å²) < 4.78 is 0. The molecular weight excluding hydrogens is 232 g/mol. The summed E-state index contributed by atoms with van der Waals surface area (Å²) in [6.45, 7) is 9.62. The third-order valence-corrected chi connectivity index (χ3v) is 5.90. The van der Waals surface area contributed by atoms with Crippen molar-refractivity contribution >= 4 is 0 Å². The summed E-state index contributed by atoms with van der Waals surface area (Å²) in [5, 5.41) is 3.81. The van der Waals surface area contributed by atoms with Gasteiger partial charge in [0, 0.05) is 31.2 Å². The Morgan fingerprint density at radius 2 is 2.05 bits per heavy atom. The molecule has 110 valence electrons. The van der Waals surface area contributed by atoms with Crippen LogP contribution < -0.4 is 5.32 Å². The molecule has 5 unspecified atom stereocenters. The topological polar surface area (TPSA) is 15.3 Å². The number of hydrogen-bond donors (Lipinski definition) is 1. The fourth-order valence-corrected chi connectivity index (χ4v) is 5.02. The van der Waals surface area contributed by atoms with Crippen LogP contribution in [0.25, 0.3) is 0 Å². The highest BCUT2D eigenvalue weighted by Crippen LogP contribution is 2.47. The fourth-order valence-electron chi connectivity index (χ4n) is 5.02. The molecule has 0 spiro atoms. The van der Waals surface area contributed by atoms with Crippen LogP contribution in [0.1, 0.15) is 59.3 Å². The summed E-state index contributed by atoms with van der Waals surface area (Å²) in [7, 11) is 0. The second-order valence-electron chi connectivity index (χ2n) is 7.74. The van der Waals surface area contributed by atoms with Crippen LogP contribution in [-0.4, -0.2) is 36.1 Å². The minimum atomic E-state index is 0.738. The van der Waals surface area contributed by atoms with Gasteiger partial charge in [-0.2, -0.15) is 0 Å². The molecule has 2 nitrogen and oxygen atoms in total. The van der Waals surface area contributed by atoms with Crippen LogP contribution in [0.5, 0.6) is 0 Å². The first kappa shape index (κ1) is 13.9. The summed E-state index contributed by atoms with van der Waals surface area (Å²) in [5.74, 6) is 2.93. The van der Waals surface area contributed by atoms with E-state index in [9.17, 15) is 0 Å². The van der Waals surface area contributed by atoms with Gasteiger partial charge in [-0.15, -0.1) is 0 Å². The maximum atomic E-state index is 3.81. The smallest absolute Gasteiger partial charge is 0.0221 e. The molecule has 2 bridgehead atoms. The number of rotatable bonds is 4. The minimum Gasteiger partial charge on any atom is -0.311 e. The maximum Gasteiger partial charge on any atom is 0.0221 e. The van der Waals surface area contributed by atoms with Gasteiger partial charge in [-0.05, 0) is 49.9 Å². The number of nitrogens with zero attached hydrogens (tertiary/aromatic N) is 1. The van der Waals surface area contributed by atoms with Crippen molar-refractivity contribution in [2.45, 2.75) is 77.4 Å². The van der Waals surface area contributed by atoms with E-state index in [2.05, 4.69) is 31.0 Å². The highest BCUT2D eigenvalue weighted by molar-refractivity contribution is 4.99. The van der Waals surface area contributed by atoms with Gasteiger partial charge in [0.1, 0.15) is 0 Å². The molecule has 2 heteroatoms. The first-order valence-corrected chi connectivity index (χ1v) is 8.66. The molecule has 1 N–H and O–H groups in total. The lowest BCUT2D eigenvalue weighted by Gasteiger charge is -2.46. The third kappa shape index (κ3) is 2.85. The molecule has 0 aromatic carbocycles.